The van der Waals surface area contributed by atoms with E-state index in [-0.39, 0.29) is 17.7 Å². The molecule has 202 valence electrons. The molecule has 2 aromatic rings. The Labute approximate surface area is 227 Å². The zero-order chi connectivity index (χ0) is 26.1. The summed E-state index contributed by atoms with van der Waals surface area (Å²) in [5.74, 6) is 0.257. The Balaban J connectivity index is 0.944. The molecule has 7 nitrogen and oxygen atoms in total. The maximum absolute atomic E-state index is 12.2. The molecular formula is C31H42N5O2+. The van der Waals surface area contributed by atoms with Crippen LogP contribution < -0.4 is 19.6 Å². The first-order valence-corrected chi connectivity index (χ1v) is 14.6. The average molecular weight is 517 g/mol. The van der Waals surface area contributed by atoms with Crippen molar-refractivity contribution < 1.29 is 9.59 Å². The lowest BCUT2D eigenvalue weighted by molar-refractivity contribution is -0.134. The van der Waals surface area contributed by atoms with Crippen LogP contribution in [0.3, 0.4) is 0 Å². The second-order valence-corrected chi connectivity index (χ2v) is 12.0. The summed E-state index contributed by atoms with van der Waals surface area (Å²) in [5, 5.41) is 2.47. The molecule has 1 atom stereocenters. The lowest BCUT2D eigenvalue weighted by Crippen LogP contribution is -2.55. The molecule has 0 aliphatic carbocycles. The lowest BCUT2D eigenvalue weighted by Gasteiger charge is -2.42. The van der Waals surface area contributed by atoms with Gasteiger partial charge in [0.15, 0.2) is 0 Å². The fourth-order valence-electron chi connectivity index (χ4n) is 6.77. The minimum atomic E-state index is -0.209. The number of carbonyl (C=O) groups excluding carboxylic acids is 2. The first-order valence-electron chi connectivity index (χ1n) is 14.6. The van der Waals surface area contributed by atoms with Crippen molar-refractivity contribution >= 4 is 28.9 Å². The summed E-state index contributed by atoms with van der Waals surface area (Å²) >= 11 is 0. The van der Waals surface area contributed by atoms with Crippen LogP contribution in [0.4, 0.5) is 17.1 Å². The van der Waals surface area contributed by atoms with Gasteiger partial charge >= 0.3 is 0 Å². The van der Waals surface area contributed by atoms with Crippen LogP contribution in [0.5, 0.6) is 0 Å². The molecule has 4 saturated heterocycles. The molecule has 0 spiro atoms. The molecule has 38 heavy (non-hydrogen) atoms. The molecule has 1 N–H and O–H groups in total. The highest BCUT2D eigenvalue weighted by molar-refractivity contribution is 6.00. The monoisotopic (exact) mass is 516 g/mol. The summed E-state index contributed by atoms with van der Waals surface area (Å²) in [6.45, 7) is 10.4. The highest BCUT2D eigenvalue weighted by Crippen LogP contribution is 2.32. The van der Waals surface area contributed by atoms with Gasteiger partial charge in [-0.2, -0.15) is 0 Å². The van der Waals surface area contributed by atoms with Crippen molar-refractivity contribution in [2.24, 2.45) is 5.92 Å². The second kappa shape index (κ2) is 10.7. The maximum atomic E-state index is 12.2. The van der Waals surface area contributed by atoms with Crippen LogP contribution in [0.2, 0.25) is 0 Å². The van der Waals surface area contributed by atoms with Gasteiger partial charge in [-0.25, -0.2) is 0 Å². The van der Waals surface area contributed by atoms with E-state index >= 15 is 0 Å². The number of amides is 2. The zero-order valence-corrected chi connectivity index (χ0v) is 22.8. The van der Waals surface area contributed by atoms with Gasteiger partial charge in [0.1, 0.15) is 5.69 Å². The van der Waals surface area contributed by atoms with E-state index in [0.29, 0.717) is 12.8 Å². The number of imide groups is 1. The van der Waals surface area contributed by atoms with Crippen LogP contribution in [0, 0.1) is 5.92 Å². The number of carbonyl (C=O) groups is 2. The molecule has 0 radical (unpaired) electrons. The van der Waals surface area contributed by atoms with Crippen molar-refractivity contribution in [1.82, 2.24) is 14.7 Å². The first-order chi connectivity index (χ1) is 18.5. The van der Waals surface area contributed by atoms with Crippen LogP contribution in [0.1, 0.15) is 43.6 Å². The van der Waals surface area contributed by atoms with Gasteiger partial charge in [0.2, 0.25) is 11.8 Å². The van der Waals surface area contributed by atoms with Gasteiger partial charge in [-0.05, 0) is 55.0 Å². The smallest absolute Gasteiger partial charge is 0.234 e. The highest BCUT2D eigenvalue weighted by Gasteiger charge is 2.33. The van der Waals surface area contributed by atoms with E-state index in [9.17, 15) is 9.59 Å². The quantitative estimate of drug-likeness (QED) is 0.470. The highest BCUT2D eigenvalue weighted by atomic mass is 16.2. The van der Waals surface area contributed by atoms with Gasteiger partial charge in [-0.1, -0.05) is 12.1 Å². The minimum Gasteiger partial charge on any atom is -0.372 e. The fraction of sp³-hybridized carbons (Fsp3) is 0.548. The molecule has 4 heterocycles. The normalized spacial score (nSPS) is 24.7. The molecule has 4 fully saturated rings. The van der Waals surface area contributed by atoms with Crippen molar-refractivity contribution in [3.05, 3.63) is 54.1 Å². The number of quaternary nitrogens is 1. The third-order valence-electron chi connectivity index (χ3n) is 9.54. The summed E-state index contributed by atoms with van der Waals surface area (Å²) in [6, 6.07) is 17.8. The van der Waals surface area contributed by atoms with Crippen LogP contribution in [-0.2, 0) is 9.59 Å². The molecule has 4 aliphatic rings. The summed E-state index contributed by atoms with van der Waals surface area (Å²) in [5.41, 5.74) is 5.08. The van der Waals surface area contributed by atoms with E-state index in [1.54, 1.807) is 0 Å². The molecule has 6 rings (SSSR count). The van der Waals surface area contributed by atoms with Crippen LogP contribution in [0.25, 0.3) is 0 Å². The predicted octanol–water partition coefficient (Wildman–Crippen LogP) is 3.59. The fourth-order valence-corrected chi connectivity index (χ4v) is 6.77. The molecule has 0 aromatic heterocycles. The van der Waals surface area contributed by atoms with Crippen LogP contribution in [0.15, 0.2) is 48.5 Å². The van der Waals surface area contributed by atoms with E-state index in [2.05, 4.69) is 75.6 Å². The van der Waals surface area contributed by atoms with E-state index in [1.165, 1.54) is 56.0 Å². The van der Waals surface area contributed by atoms with Crippen molar-refractivity contribution in [2.75, 3.05) is 75.8 Å². The largest absolute Gasteiger partial charge is 0.372 e. The van der Waals surface area contributed by atoms with Gasteiger partial charge in [-0.3, -0.25) is 24.3 Å². The second-order valence-electron chi connectivity index (χ2n) is 12.0. The summed E-state index contributed by atoms with van der Waals surface area (Å²) < 4.78 is 1.10. The molecule has 1 unspecified atom stereocenters. The lowest BCUT2D eigenvalue weighted by atomic mass is 9.90. The van der Waals surface area contributed by atoms with E-state index in [0.717, 1.165) is 55.2 Å². The molecule has 0 bridgehead atoms. The van der Waals surface area contributed by atoms with Gasteiger partial charge in [0, 0.05) is 82.2 Å². The van der Waals surface area contributed by atoms with E-state index in [4.69, 9.17) is 0 Å². The standard InChI is InChI=1S/C31H41N5O2/c1-36(21-2-22-36)28-9-7-27(8-10-28)34-15-13-24(14-16-34)23-33-17-19-35(20-18-33)26-5-3-25(4-6-26)29-11-12-30(37)32-31(29)38/h3-10,24,29H,2,11-23H2,1H3/p+1. The number of hydrogen-bond acceptors (Lipinski definition) is 5. The molecule has 2 amide bonds. The summed E-state index contributed by atoms with van der Waals surface area (Å²) in [6.07, 6.45) is 4.92. The van der Waals surface area contributed by atoms with E-state index in [1.807, 2.05) is 0 Å². The number of anilines is 2. The number of piperidine rings is 2. The van der Waals surface area contributed by atoms with Gasteiger partial charge in [-0.15, -0.1) is 0 Å². The number of benzene rings is 2. The third-order valence-corrected chi connectivity index (χ3v) is 9.54. The van der Waals surface area contributed by atoms with Gasteiger partial charge < -0.3 is 9.80 Å². The Morgan fingerprint density at radius 3 is 1.97 bits per heavy atom. The number of likely N-dealkylation sites (tertiary alicyclic amines) is 1. The number of nitrogens with zero attached hydrogens (tertiary/aromatic N) is 4. The predicted molar refractivity (Wildman–Crippen MR) is 154 cm³/mol. The Hall–Kier alpha value is -2.90. The topological polar surface area (TPSA) is 55.9 Å². The molecule has 0 saturated carbocycles. The third kappa shape index (κ3) is 5.32. The van der Waals surface area contributed by atoms with Crippen LogP contribution in [-0.4, -0.2) is 82.7 Å². The van der Waals surface area contributed by atoms with E-state index < -0.39 is 0 Å². The van der Waals surface area contributed by atoms with Crippen molar-refractivity contribution in [2.45, 2.75) is 38.0 Å². The van der Waals surface area contributed by atoms with Gasteiger partial charge in [0.25, 0.3) is 0 Å². The van der Waals surface area contributed by atoms with Crippen molar-refractivity contribution in [3.8, 4) is 0 Å². The Kier molecular flexibility index (Phi) is 7.14. The average Bonchev–Trinajstić information content (AvgIpc) is 2.93. The zero-order valence-electron chi connectivity index (χ0n) is 22.8. The summed E-state index contributed by atoms with van der Waals surface area (Å²) in [7, 11) is 2.35. The Bertz CT molecular complexity index is 1130. The maximum Gasteiger partial charge on any atom is 0.234 e. The minimum absolute atomic E-state index is 0.158. The Morgan fingerprint density at radius 1 is 0.789 bits per heavy atom. The van der Waals surface area contributed by atoms with Crippen molar-refractivity contribution in [1.29, 1.82) is 0 Å². The SMILES string of the molecule is C[N+]1(c2ccc(N3CCC(CN4CCN(c5ccc(C6CCC(=O)NC6=O)cc5)CC4)CC3)cc2)CCC1. The van der Waals surface area contributed by atoms with Gasteiger partial charge in [0.05, 0.1) is 26.1 Å². The number of nitrogens with one attached hydrogen (secondary N) is 1. The molecular weight excluding hydrogens is 474 g/mol. The molecule has 7 heteroatoms. The first kappa shape index (κ1) is 25.4. The molecule has 2 aromatic carbocycles. The summed E-state index contributed by atoms with van der Waals surface area (Å²) in [4.78, 5) is 31.3. The number of hydrogen-bond donors (Lipinski definition) is 1. The van der Waals surface area contributed by atoms with Crippen LogP contribution >= 0.6 is 0 Å². The molecule has 4 aliphatic heterocycles. The Morgan fingerprint density at radius 2 is 1.39 bits per heavy atom. The van der Waals surface area contributed by atoms with Crippen molar-refractivity contribution in [3.63, 3.8) is 0 Å². The number of rotatable bonds is 6. The number of piperazine rings is 1.